The average Bonchev–Trinajstić information content (AvgIpc) is 2.45. The van der Waals surface area contributed by atoms with Gasteiger partial charge in [-0.3, -0.25) is 0 Å². The van der Waals surface area contributed by atoms with Crippen LogP contribution in [0.4, 0.5) is 4.79 Å². The van der Waals surface area contributed by atoms with E-state index in [1.165, 1.54) is 19.3 Å². The lowest BCUT2D eigenvalue weighted by atomic mass is 10.9. The van der Waals surface area contributed by atoms with Gasteiger partial charge < -0.3 is 10.5 Å². The van der Waals surface area contributed by atoms with Crippen LogP contribution in [0.25, 0.3) is 0 Å². The molecule has 1 amide bonds. The molecule has 1 saturated carbocycles. The zero-order valence-corrected chi connectivity index (χ0v) is 5.72. The van der Waals surface area contributed by atoms with E-state index in [1.54, 1.807) is 6.92 Å². The Balaban J connectivity index is 0.000000173. The fraction of sp³-hybridized carbons (Fsp3) is 0.833. The van der Waals surface area contributed by atoms with Crippen LogP contribution >= 0.6 is 0 Å². The molecule has 9 heavy (non-hydrogen) atoms. The first-order valence-corrected chi connectivity index (χ1v) is 3.19. The first-order chi connectivity index (χ1) is 4.27. The van der Waals surface area contributed by atoms with Crippen LogP contribution in [-0.4, -0.2) is 12.7 Å². The highest BCUT2D eigenvalue weighted by Gasteiger charge is 1.95. The van der Waals surface area contributed by atoms with Crippen molar-refractivity contribution < 1.29 is 9.53 Å². The number of amides is 1. The molecule has 0 spiro atoms. The Morgan fingerprint density at radius 2 is 2.00 bits per heavy atom. The van der Waals surface area contributed by atoms with Gasteiger partial charge in [0, 0.05) is 0 Å². The summed E-state index contributed by atoms with van der Waals surface area (Å²) in [6.07, 6.45) is 3.79. The molecule has 0 aliphatic heterocycles. The van der Waals surface area contributed by atoms with Crippen LogP contribution in [-0.2, 0) is 4.74 Å². The molecule has 54 valence electrons. The normalized spacial score (nSPS) is 13.0. The second-order valence-electron chi connectivity index (χ2n) is 1.81. The van der Waals surface area contributed by atoms with Crippen molar-refractivity contribution in [2.75, 3.05) is 6.61 Å². The van der Waals surface area contributed by atoms with Crippen molar-refractivity contribution >= 4 is 6.09 Å². The van der Waals surface area contributed by atoms with Gasteiger partial charge in [-0.2, -0.15) is 0 Å². The number of nitrogens with two attached hydrogens (primary N) is 1. The van der Waals surface area contributed by atoms with Crippen LogP contribution in [0.5, 0.6) is 0 Å². The lowest BCUT2D eigenvalue weighted by Gasteiger charge is -1.89. The Bertz CT molecular complexity index is 78.4. The summed E-state index contributed by atoms with van der Waals surface area (Å²) in [4.78, 5) is 9.60. The molecule has 0 bridgehead atoms. The first-order valence-electron chi connectivity index (χ1n) is 3.19. The molecule has 0 unspecified atom stereocenters. The number of ether oxygens (including phenoxy) is 1. The molecule has 0 aromatic carbocycles. The standard InChI is InChI=1S/C3H7NO2.C3H6/c1-2-6-3(4)5;1-2-3-1/h2H2,1H3,(H2,4,5);1-3H2. The largest absolute Gasteiger partial charge is 0.450 e. The van der Waals surface area contributed by atoms with E-state index >= 15 is 0 Å². The molecular weight excluding hydrogens is 118 g/mol. The lowest BCUT2D eigenvalue weighted by Crippen LogP contribution is -2.11. The fourth-order valence-electron chi connectivity index (χ4n) is 0.142. The molecule has 0 atom stereocenters. The fourth-order valence-corrected chi connectivity index (χ4v) is 0.142. The summed E-state index contributed by atoms with van der Waals surface area (Å²) in [5.74, 6) is 0. The van der Waals surface area contributed by atoms with Crippen molar-refractivity contribution in [3.63, 3.8) is 0 Å². The molecule has 0 aromatic rings. The van der Waals surface area contributed by atoms with Crippen molar-refractivity contribution in [2.24, 2.45) is 5.73 Å². The quantitative estimate of drug-likeness (QED) is 0.582. The summed E-state index contributed by atoms with van der Waals surface area (Å²) >= 11 is 0. The van der Waals surface area contributed by atoms with E-state index in [0.29, 0.717) is 6.61 Å². The smallest absolute Gasteiger partial charge is 0.404 e. The molecule has 1 fully saturated rings. The zero-order chi connectivity index (χ0) is 7.11. The molecule has 1 aliphatic carbocycles. The average molecular weight is 131 g/mol. The first kappa shape index (κ1) is 8.27. The molecule has 0 aromatic heterocycles. The van der Waals surface area contributed by atoms with Gasteiger partial charge in [0.05, 0.1) is 6.61 Å². The van der Waals surface area contributed by atoms with Gasteiger partial charge in [0.15, 0.2) is 0 Å². The molecule has 0 heterocycles. The van der Waals surface area contributed by atoms with Crippen molar-refractivity contribution in [3.05, 3.63) is 0 Å². The van der Waals surface area contributed by atoms with Gasteiger partial charge in [0.2, 0.25) is 0 Å². The maximum atomic E-state index is 9.60. The van der Waals surface area contributed by atoms with E-state index in [-0.39, 0.29) is 0 Å². The van der Waals surface area contributed by atoms with Crippen molar-refractivity contribution in [1.82, 2.24) is 0 Å². The number of hydrogen-bond donors (Lipinski definition) is 1. The van der Waals surface area contributed by atoms with Gasteiger partial charge in [-0.25, -0.2) is 4.79 Å². The second-order valence-corrected chi connectivity index (χ2v) is 1.81. The van der Waals surface area contributed by atoms with E-state index in [2.05, 4.69) is 10.5 Å². The van der Waals surface area contributed by atoms with Gasteiger partial charge in [0.1, 0.15) is 0 Å². The molecule has 1 rings (SSSR count). The summed E-state index contributed by atoms with van der Waals surface area (Å²) < 4.78 is 4.18. The SMILES string of the molecule is C1CC1.CCOC(N)=O. The van der Waals surface area contributed by atoms with Crippen LogP contribution in [0.15, 0.2) is 0 Å². The van der Waals surface area contributed by atoms with E-state index in [1.807, 2.05) is 0 Å². The summed E-state index contributed by atoms with van der Waals surface area (Å²) in [7, 11) is 0. The molecule has 2 N–H and O–H groups in total. The van der Waals surface area contributed by atoms with E-state index < -0.39 is 6.09 Å². The topological polar surface area (TPSA) is 52.3 Å². The maximum absolute atomic E-state index is 9.60. The minimum Gasteiger partial charge on any atom is -0.450 e. The van der Waals surface area contributed by atoms with Crippen molar-refractivity contribution in [3.8, 4) is 0 Å². The highest BCUT2D eigenvalue weighted by molar-refractivity contribution is 5.64. The molecule has 0 saturated heterocycles. The van der Waals surface area contributed by atoms with Crippen LogP contribution in [0.2, 0.25) is 0 Å². The van der Waals surface area contributed by atoms with Crippen LogP contribution < -0.4 is 5.73 Å². The second kappa shape index (κ2) is 5.41. The summed E-state index contributed by atoms with van der Waals surface area (Å²) in [6, 6.07) is 0. The number of rotatable bonds is 1. The zero-order valence-electron chi connectivity index (χ0n) is 5.72. The minimum absolute atomic E-state index is 0.356. The number of primary amides is 1. The Morgan fingerprint density at radius 3 is 2.00 bits per heavy atom. The van der Waals surface area contributed by atoms with E-state index in [9.17, 15) is 4.79 Å². The van der Waals surface area contributed by atoms with Gasteiger partial charge in [0.25, 0.3) is 0 Å². The number of carbonyl (C=O) groups excluding carboxylic acids is 1. The van der Waals surface area contributed by atoms with Gasteiger partial charge in [-0.05, 0) is 6.92 Å². The highest BCUT2D eigenvalue weighted by atomic mass is 16.5. The van der Waals surface area contributed by atoms with Crippen LogP contribution in [0.1, 0.15) is 26.2 Å². The maximum Gasteiger partial charge on any atom is 0.404 e. The molecule has 0 radical (unpaired) electrons. The van der Waals surface area contributed by atoms with Crippen molar-refractivity contribution in [1.29, 1.82) is 0 Å². The highest BCUT2D eigenvalue weighted by Crippen LogP contribution is 2.14. The molecule has 3 heteroatoms. The summed E-state index contributed by atoms with van der Waals surface area (Å²) in [5.41, 5.74) is 4.54. The molecular formula is C6H13NO2. The van der Waals surface area contributed by atoms with E-state index in [0.717, 1.165) is 0 Å². The van der Waals surface area contributed by atoms with E-state index in [4.69, 9.17) is 0 Å². The predicted molar refractivity (Wildman–Crippen MR) is 35.1 cm³/mol. The number of carbonyl (C=O) groups is 1. The van der Waals surface area contributed by atoms with Gasteiger partial charge in [-0.1, -0.05) is 19.3 Å². The number of hydrogen-bond acceptors (Lipinski definition) is 2. The third kappa shape index (κ3) is 18.9. The summed E-state index contributed by atoms with van der Waals surface area (Å²) in [5, 5.41) is 0. The lowest BCUT2D eigenvalue weighted by molar-refractivity contribution is 0.163. The summed E-state index contributed by atoms with van der Waals surface area (Å²) in [6.45, 7) is 2.06. The van der Waals surface area contributed by atoms with Crippen LogP contribution in [0.3, 0.4) is 0 Å². The third-order valence-corrected chi connectivity index (χ3v) is 0.640. The monoisotopic (exact) mass is 131 g/mol. The van der Waals surface area contributed by atoms with Crippen molar-refractivity contribution in [2.45, 2.75) is 26.2 Å². The predicted octanol–water partition coefficient (Wildman–Crippen LogP) is 1.27. The third-order valence-electron chi connectivity index (χ3n) is 0.640. The van der Waals surface area contributed by atoms with Crippen LogP contribution in [0, 0.1) is 0 Å². The Morgan fingerprint density at radius 1 is 1.56 bits per heavy atom. The Hall–Kier alpha value is -0.730. The molecule has 3 nitrogen and oxygen atoms in total. The van der Waals surface area contributed by atoms with Gasteiger partial charge >= 0.3 is 6.09 Å². The minimum atomic E-state index is -0.711. The Kier molecular flexibility index (Phi) is 4.97. The molecule has 1 aliphatic rings. The Labute approximate surface area is 55.2 Å². The van der Waals surface area contributed by atoms with Gasteiger partial charge in [-0.15, -0.1) is 0 Å².